The largest absolute Gasteiger partial charge is 0.496 e. The first-order valence-electron chi connectivity index (χ1n) is 6.37. The molecule has 1 nitrogen and oxygen atoms in total. The van der Waals surface area contributed by atoms with Crippen molar-refractivity contribution in [3.8, 4) is 5.75 Å². The molecule has 0 heterocycles. The Bertz CT molecular complexity index is 539. The van der Waals surface area contributed by atoms with Crippen molar-refractivity contribution in [1.82, 2.24) is 0 Å². The van der Waals surface area contributed by atoms with E-state index in [1.165, 1.54) is 11.1 Å². The molecule has 0 spiro atoms. The zero-order chi connectivity index (χ0) is 12.4. The van der Waals surface area contributed by atoms with Crippen molar-refractivity contribution in [2.24, 2.45) is 11.8 Å². The fourth-order valence-corrected chi connectivity index (χ4v) is 5.05. The van der Waals surface area contributed by atoms with Crippen molar-refractivity contribution in [2.45, 2.75) is 22.6 Å². The van der Waals surface area contributed by atoms with Crippen molar-refractivity contribution in [2.75, 3.05) is 7.11 Å². The zero-order valence-corrected chi connectivity index (χ0v) is 11.5. The molecule has 0 N–H and O–H groups in total. The first kappa shape index (κ1) is 11.2. The summed E-state index contributed by atoms with van der Waals surface area (Å²) in [5.41, 5.74) is 2.72. The first-order chi connectivity index (χ1) is 8.74. The Kier molecular flexibility index (Phi) is 2.29. The summed E-state index contributed by atoms with van der Waals surface area (Å²) in [5, 5.41) is 0.195. The number of allylic oxidation sites excluding steroid dienone is 2. The lowest BCUT2D eigenvalue weighted by atomic mass is 9.51. The highest BCUT2D eigenvalue weighted by Gasteiger charge is 2.59. The minimum Gasteiger partial charge on any atom is -0.496 e. The molecule has 0 aromatic heterocycles. The molecule has 4 aliphatic rings. The number of hydrogen-bond donors (Lipinski definition) is 0. The maximum atomic E-state index is 6.42. The topological polar surface area (TPSA) is 9.23 Å². The van der Waals surface area contributed by atoms with Gasteiger partial charge in [-0.2, -0.15) is 0 Å². The van der Waals surface area contributed by atoms with Gasteiger partial charge in [0, 0.05) is 17.4 Å². The van der Waals surface area contributed by atoms with Crippen molar-refractivity contribution in [3.63, 3.8) is 0 Å². The summed E-state index contributed by atoms with van der Waals surface area (Å²) in [6.07, 6.45) is 4.61. The van der Waals surface area contributed by atoms with Gasteiger partial charge in [0.25, 0.3) is 0 Å². The molecule has 1 saturated carbocycles. The third-order valence-corrected chi connectivity index (χ3v) is 6.11. The van der Waals surface area contributed by atoms with Gasteiger partial charge < -0.3 is 4.74 Å². The lowest BCUT2D eigenvalue weighted by Crippen LogP contribution is -2.57. The summed E-state index contributed by atoms with van der Waals surface area (Å²) >= 11 is 12.8. The van der Waals surface area contributed by atoms with Crippen LogP contribution in [0.15, 0.2) is 30.4 Å². The molecule has 0 saturated heterocycles. The van der Waals surface area contributed by atoms with E-state index in [0.29, 0.717) is 23.7 Å². The van der Waals surface area contributed by atoms with Crippen molar-refractivity contribution >= 4 is 23.2 Å². The number of rotatable bonds is 1. The second-order valence-corrected chi connectivity index (χ2v) is 6.45. The zero-order valence-electron chi connectivity index (χ0n) is 10.0. The van der Waals surface area contributed by atoms with Crippen LogP contribution in [0.5, 0.6) is 5.75 Å². The highest BCUT2D eigenvalue weighted by atomic mass is 35.5. The Morgan fingerprint density at radius 1 is 1.00 bits per heavy atom. The van der Waals surface area contributed by atoms with Crippen molar-refractivity contribution in [3.05, 3.63) is 41.5 Å². The van der Waals surface area contributed by atoms with E-state index >= 15 is 0 Å². The molecule has 0 aliphatic heterocycles. The predicted octanol–water partition coefficient (Wildman–Crippen LogP) is 3.91. The highest BCUT2D eigenvalue weighted by Crippen LogP contribution is 2.64. The van der Waals surface area contributed by atoms with E-state index in [9.17, 15) is 0 Å². The van der Waals surface area contributed by atoms with E-state index in [1.807, 2.05) is 6.07 Å². The summed E-state index contributed by atoms with van der Waals surface area (Å²) in [4.78, 5) is 0. The Morgan fingerprint density at radius 3 is 2.39 bits per heavy atom. The fourth-order valence-electron chi connectivity index (χ4n) is 4.06. The maximum Gasteiger partial charge on any atom is 0.122 e. The summed E-state index contributed by atoms with van der Waals surface area (Å²) in [5.74, 6) is 2.77. The molecule has 1 aromatic rings. The maximum absolute atomic E-state index is 6.42. The molecule has 18 heavy (non-hydrogen) atoms. The van der Waals surface area contributed by atoms with Crippen LogP contribution in [0, 0.1) is 11.8 Å². The molecule has 1 aromatic carbocycles. The Labute approximate surface area is 117 Å². The SMILES string of the molecule is COc1cccc2c1[C@H]1C=C[C@H]2[C@@H]2[C@H](Cl)[C@H](Cl)[C@@H]21. The normalized spacial score (nSPS) is 43.1. The van der Waals surface area contributed by atoms with Crippen LogP contribution in [0.4, 0.5) is 0 Å². The first-order valence-corrected chi connectivity index (χ1v) is 7.24. The van der Waals surface area contributed by atoms with Gasteiger partial charge in [0.1, 0.15) is 5.75 Å². The van der Waals surface area contributed by atoms with E-state index in [-0.39, 0.29) is 10.8 Å². The minimum absolute atomic E-state index is 0.0900. The molecule has 6 atom stereocenters. The van der Waals surface area contributed by atoms with Gasteiger partial charge in [-0.05, 0) is 23.5 Å². The molecule has 0 amide bonds. The van der Waals surface area contributed by atoms with Crippen LogP contribution in [-0.2, 0) is 0 Å². The molecule has 2 bridgehead atoms. The molecular formula is C15H14Cl2O. The van der Waals surface area contributed by atoms with Crippen molar-refractivity contribution < 1.29 is 4.74 Å². The average Bonchev–Trinajstić information content (AvgIpc) is 2.45. The van der Waals surface area contributed by atoms with E-state index in [4.69, 9.17) is 27.9 Å². The van der Waals surface area contributed by atoms with Crippen LogP contribution in [-0.4, -0.2) is 17.9 Å². The monoisotopic (exact) mass is 280 g/mol. The van der Waals surface area contributed by atoms with Crippen molar-refractivity contribution in [1.29, 1.82) is 0 Å². The molecule has 94 valence electrons. The predicted molar refractivity (Wildman–Crippen MR) is 73.9 cm³/mol. The summed E-state index contributed by atoms with van der Waals surface area (Å²) in [7, 11) is 1.74. The molecule has 0 unspecified atom stereocenters. The second kappa shape index (κ2) is 3.68. The molecular weight excluding hydrogens is 267 g/mol. The van der Waals surface area contributed by atoms with Gasteiger partial charge in [0.05, 0.1) is 17.9 Å². The molecule has 1 fully saturated rings. The van der Waals surface area contributed by atoms with E-state index in [2.05, 4.69) is 24.3 Å². The van der Waals surface area contributed by atoms with Crippen LogP contribution in [0.1, 0.15) is 23.0 Å². The molecule has 0 radical (unpaired) electrons. The second-order valence-electron chi connectivity index (χ2n) is 5.44. The average molecular weight is 281 g/mol. The number of methoxy groups -OCH3 is 1. The van der Waals surface area contributed by atoms with E-state index in [0.717, 1.165) is 5.75 Å². The van der Waals surface area contributed by atoms with Crippen LogP contribution >= 0.6 is 23.2 Å². The number of benzene rings is 1. The number of ether oxygens (including phenoxy) is 1. The quantitative estimate of drug-likeness (QED) is 0.560. The van der Waals surface area contributed by atoms with E-state index < -0.39 is 0 Å². The van der Waals surface area contributed by atoms with Crippen LogP contribution in [0.3, 0.4) is 0 Å². The molecule has 4 aliphatic carbocycles. The fraction of sp³-hybridized carbons (Fsp3) is 0.467. The number of hydrogen-bond acceptors (Lipinski definition) is 1. The Hall–Kier alpha value is -0.660. The lowest BCUT2D eigenvalue weighted by molar-refractivity contribution is 0.128. The Morgan fingerprint density at radius 2 is 1.67 bits per heavy atom. The number of halogens is 2. The summed E-state index contributed by atoms with van der Waals surface area (Å²) in [6, 6.07) is 6.32. The number of alkyl halides is 2. The molecule has 5 rings (SSSR count). The smallest absolute Gasteiger partial charge is 0.122 e. The third kappa shape index (κ3) is 1.15. The summed E-state index contributed by atoms with van der Waals surface area (Å²) < 4.78 is 5.53. The van der Waals surface area contributed by atoms with Crippen LogP contribution in [0.25, 0.3) is 0 Å². The van der Waals surface area contributed by atoms with Crippen LogP contribution < -0.4 is 4.74 Å². The van der Waals surface area contributed by atoms with Crippen LogP contribution in [0.2, 0.25) is 0 Å². The highest BCUT2D eigenvalue weighted by molar-refractivity contribution is 6.31. The minimum atomic E-state index is 0.0900. The van der Waals surface area contributed by atoms with Gasteiger partial charge in [0.2, 0.25) is 0 Å². The Balaban J connectivity index is 1.91. The standard InChI is InChI=1S/C15H14Cl2O/c1-18-10-4-2-3-7-8-5-6-9(11(7)10)13-12(8)14(16)15(13)17/h2-6,8-9,12-15H,1H3/t8-,9-,12+,13-,14+,15-/m1/s1. The summed E-state index contributed by atoms with van der Waals surface area (Å²) in [6.45, 7) is 0. The van der Waals surface area contributed by atoms with Gasteiger partial charge in [-0.25, -0.2) is 0 Å². The van der Waals surface area contributed by atoms with Gasteiger partial charge in [0.15, 0.2) is 0 Å². The van der Waals surface area contributed by atoms with Gasteiger partial charge in [-0.1, -0.05) is 24.3 Å². The van der Waals surface area contributed by atoms with Gasteiger partial charge in [-0.15, -0.1) is 23.2 Å². The lowest BCUT2D eigenvalue weighted by Gasteiger charge is -2.58. The third-order valence-electron chi connectivity index (χ3n) is 4.85. The van der Waals surface area contributed by atoms with E-state index in [1.54, 1.807) is 7.11 Å². The van der Waals surface area contributed by atoms with Gasteiger partial charge in [-0.3, -0.25) is 0 Å². The molecule has 3 heteroatoms. The van der Waals surface area contributed by atoms with Gasteiger partial charge >= 0.3 is 0 Å².